The quantitative estimate of drug-likeness (QED) is 0.818. The molecule has 2 heterocycles. The molecule has 0 aliphatic carbocycles. The number of nitrogens with zero attached hydrogens (tertiary/aromatic N) is 2. The summed E-state index contributed by atoms with van der Waals surface area (Å²) in [5, 5.41) is 2.83. The van der Waals surface area contributed by atoms with Crippen LogP contribution >= 0.6 is 0 Å². The zero-order valence-electron chi connectivity index (χ0n) is 15.7. The first-order valence-electron chi connectivity index (χ1n) is 9.74. The number of nitrogens with two attached hydrogens (primary N) is 1. The van der Waals surface area contributed by atoms with E-state index >= 15 is 0 Å². The number of piperidine rings is 2. The highest BCUT2D eigenvalue weighted by Gasteiger charge is 2.30. The molecule has 3 rings (SSSR count). The Balaban J connectivity index is 1.50. The molecule has 1 atom stereocenters. The molecule has 27 heavy (non-hydrogen) atoms. The molecule has 3 N–H and O–H groups in total. The maximum atomic E-state index is 12.7. The van der Waals surface area contributed by atoms with Crippen molar-refractivity contribution in [1.82, 2.24) is 9.80 Å². The van der Waals surface area contributed by atoms with Crippen molar-refractivity contribution >= 4 is 23.4 Å². The number of hydrogen-bond donors (Lipinski definition) is 2. The van der Waals surface area contributed by atoms with E-state index in [-0.39, 0.29) is 24.3 Å². The summed E-state index contributed by atoms with van der Waals surface area (Å²) >= 11 is 0. The fourth-order valence-electron chi connectivity index (χ4n) is 3.89. The number of likely N-dealkylation sites (tertiary alicyclic amines) is 2. The topological polar surface area (TPSA) is 95.7 Å². The molecule has 2 fully saturated rings. The fraction of sp³-hybridized carbons (Fsp3) is 0.550. The molecule has 0 radical (unpaired) electrons. The van der Waals surface area contributed by atoms with Gasteiger partial charge in [0.05, 0.1) is 12.5 Å². The first kappa shape index (κ1) is 19.4. The number of rotatable bonds is 5. The third-order valence-electron chi connectivity index (χ3n) is 5.34. The average molecular weight is 372 g/mol. The van der Waals surface area contributed by atoms with Crippen molar-refractivity contribution in [3.63, 3.8) is 0 Å². The van der Waals surface area contributed by atoms with Gasteiger partial charge in [0.1, 0.15) is 0 Å². The van der Waals surface area contributed by atoms with Crippen LogP contribution in [0.2, 0.25) is 0 Å². The molecule has 0 aromatic heterocycles. The summed E-state index contributed by atoms with van der Waals surface area (Å²) in [5.41, 5.74) is 6.25. The molecule has 2 aliphatic heterocycles. The molecule has 3 amide bonds. The Kier molecular flexibility index (Phi) is 6.45. The Bertz CT molecular complexity index is 683. The maximum Gasteiger partial charge on any atom is 0.248 e. The number of amides is 3. The molecule has 1 aromatic rings. The van der Waals surface area contributed by atoms with E-state index in [1.54, 1.807) is 24.3 Å². The van der Waals surface area contributed by atoms with Crippen LogP contribution in [0.1, 0.15) is 42.5 Å². The molecule has 1 unspecified atom stereocenters. The van der Waals surface area contributed by atoms with E-state index in [4.69, 9.17) is 5.73 Å². The lowest BCUT2D eigenvalue weighted by atomic mass is 9.95. The largest absolute Gasteiger partial charge is 0.366 e. The smallest absolute Gasteiger partial charge is 0.248 e. The lowest BCUT2D eigenvalue weighted by Crippen LogP contribution is -2.47. The van der Waals surface area contributed by atoms with Crippen molar-refractivity contribution in [3.8, 4) is 0 Å². The van der Waals surface area contributed by atoms with Crippen LogP contribution in [0.3, 0.4) is 0 Å². The molecule has 0 saturated carbocycles. The Morgan fingerprint density at radius 2 is 1.70 bits per heavy atom. The molecule has 2 saturated heterocycles. The maximum absolute atomic E-state index is 12.7. The van der Waals surface area contributed by atoms with Crippen molar-refractivity contribution < 1.29 is 14.4 Å². The number of carbonyl (C=O) groups excluding carboxylic acids is 3. The zero-order valence-corrected chi connectivity index (χ0v) is 15.7. The number of hydrogen-bond acceptors (Lipinski definition) is 4. The van der Waals surface area contributed by atoms with Crippen LogP contribution in [0.4, 0.5) is 5.69 Å². The molecule has 7 heteroatoms. The summed E-state index contributed by atoms with van der Waals surface area (Å²) in [4.78, 5) is 40.2. The summed E-state index contributed by atoms with van der Waals surface area (Å²) in [7, 11) is 0. The van der Waals surface area contributed by atoms with Gasteiger partial charge in [-0.2, -0.15) is 0 Å². The van der Waals surface area contributed by atoms with Gasteiger partial charge in [-0.05, 0) is 62.9 Å². The second kappa shape index (κ2) is 8.99. The van der Waals surface area contributed by atoms with E-state index in [0.29, 0.717) is 17.8 Å². The SMILES string of the molecule is NC(=O)c1ccc(NC(=O)CN2CCCC(C(=O)N3CCCCC3)C2)cc1. The second-order valence-electron chi connectivity index (χ2n) is 7.45. The Morgan fingerprint density at radius 1 is 1.00 bits per heavy atom. The van der Waals surface area contributed by atoms with Gasteiger partial charge in [0, 0.05) is 30.9 Å². The van der Waals surface area contributed by atoms with Gasteiger partial charge in [-0.25, -0.2) is 0 Å². The summed E-state index contributed by atoms with van der Waals surface area (Å²) in [6.07, 6.45) is 5.24. The van der Waals surface area contributed by atoms with Crippen LogP contribution in [0.25, 0.3) is 0 Å². The van der Waals surface area contributed by atoms with E-state index in [0.717, 1.165) is 45.3 Å². The van der Waals surface area contributed by atoms with E-state index in [2.05, 4.69) is 10.2 Å². The van der Waals surface area contributed by atoms with Crippen molar-refractivity contribution in [2.45, 2.75) is 32.1 Å². The second-order valence-corrected chi connectivity index (χ2v) is 7.45. The lowest BCUT2D eigenvalue weighted by Gasteiger charge is -2.36. The van der Waals surface area contributed by atoms with Gasteiger partial charge in [0.15, 0.2) is 0 Å². The Labute approximate surface area is 159 Å². The summed E-state index contributed by atoms with van der Waals surface area (Å²) in [6, 6.07) is 6.51. The normalized spacial score (nSPS) is 20.9. The lowest BCUT2D eigenvalue weighted by molar-refractivity contribution is -0.138. The standard InChI is InChI=1S/C20H28N4O3/c21-19(26)15-6-8-17(9-7-15)22-18(25)14-23-10-4-5-16(13-23)20(27)24-11-2-1-3-12-24/h6-9,16H,1-5,10-14H2,(H2,21,26)(H,22,25). The van der Waals surface area contributed by atoms with Crippen LogP contribution in [0.5, 0.6) is 0 Å². The van der Waals surface area contributed by atoms with Gasteiger partial charge in [-0.15, -0.1) is 0 Å². The number of benzene rings is 1. The minimum absolute atomic E-state index is 0.000463. The predicted molar refractivity (Wildman–Crippen MR) is 103 cm³/mol. The van der Waals surface area contributed by atoms with Gasteiger partial charge in [0.25, 0.3) is 0 Å². The molecular formula is C20H28N4O3. The fourth-order valence-corrected chi connectivity index (χ4v) is 3.89. The van der Waals surface area contributed by atoms with Gasteiger partial charge in [0.2, 0.25) is 17.7 Å². The van der Waals surface area contributed by atoms with Crippen molar-refractivity contribution in [2.24, 2.45) is 11.7 Å². The van der Waals surface area contributed by atoms with Gasteiger partial charge >= 0.3 is 0 Å². The number of anilines is 1. The van der Waals surface area contributed by atoms with Gasteiger partial charge < -0.3 is 16.0 Å². The van der Waals surface area contributed by atoms with E-state index in [9.17, 15) is 14.4 Å². The average Bonchev–Trinajstić information content (AvgIpc) is 2.68. The first-order valence-corrected chi connectivity index (χ1v) is 9.74. The summed E-state index contributed by atoms with van der Waals surface area (Å²) in [6.45, 7) is 3.48. The molecule has 146 valence electrons. The Hall–Kier alpha value is -2.41. The minimum atomic E-state index is -0.495. The number of primary amides is 1. The van der Waals surface area contributed by atoms with E-state index in [1.165, 1.54) is 6.42 Å². The third kappa shape index (κ3) is 5.29. The van der Waals surface area contributed by atoms with E-state index in [1.807, 2.05) is 4.90 Å². The van der Waals surface area contributed by atoms with Crippen LogP contribution in [-0.4, -0.2) is 60.2 Å². The first-order chi connectivity index (χ1) is 13.0. The van der Waals surface area contributed by atoms with Crippen molar-refractivity contribution in [1.29, 1.82) is 0 Å². The highest BCUT2D eigenvalue weighted by Crippen LogP contribution is 2.21. The van der Waals surface area contributed by atoms with Crippen LogP contribution in [-0.2, 0) is 9.59 Å². The highest BCUT2D eigenvalue weighted by atomic mass is 16.2. The number of nitrogens with one attached hydrogen (secondary N) is 1. The minimum Gasteiger partial charge on any atom is -0.366 e. The molecule has 1 aromatic carbocycles. The van der Waals surface area contributed by atoms with Gasteiger partial charge in [-0.3, -0.25) is 19.3 Å². The molecule has 0 spiro atoms. The van der Waals surface area contributed by atoms with Crippen LogP contribution in [0, 0.1) is 5.92 Å². The molecule has 0 bridgehead atoms. The predicted octanol–water partition coefficient (Wildman–Crippen LogP) is 1.45. The van der Waals surface area contributed by atoms with Crippen LogP contribution in [0.15, 0.2) is 24.3 Å². The van der Waals surface area contributed by atoms with E-state index < -0.39 is 5.91 Å². The molecule has 2 aliphatic rings. The van der Waals surface area contributed by atoms with Gasteiger partial charge in [-0.1, -0.05) is 0 Å². The van der Waals surface area contributed by atoms with Crippen molar-refractivity contribution in [2.75, 3.05) is 38.0 Å². The molecule has 7 nitrogen and oxygen atoms in total. The zero-order chi connectivity index (χ0) is 19.2. The summed E-state index contributed by atoms with van der Waals surface area (Å²) < 4.78 is 0. The monoisotopic (exact) mass is 372 g/mol. The number of carbonyl (C=O) groups is 3. The van der Waals surface area contributed by atoms with Crippen LogP contribution < -0.4 is 11.1 Å². The molecular weight excluding hydrogens is 344 g/mol. The highest BCUT2D eigenvalue weighted by molar-refractivity contribution is 5.95. The Morgan fingerprint density at radius 3 is 2.37 bits per heavy atom. The summed E-state index contributed by atoms with van der Waals surface area (Å²) in [5.74, 6) is -0.361. The third-order valence-corrected chi connectivity index (χ3v) is 5.34. The van der Waals surface area contributed by atoms with Crippen molar-refractivity contribution in [3.05, 3.63) is 29.8 Å².